The zero-order chi connectivity index (χ0) is 13.7. The highest BCUT2D eigenvalue weighted by Gasteiger charge is 2.29. The molecule has 1 fully saturated rings. The Morgan fingerprint density at radius 1 is 1.32 bits per heavy atom. The van der Waals surface area contributed by atoms with E-state index in [1.807, 2.05) is 30.3 Å². The Hall–Kier alpha value is -1.39. The monoisotopic (exact) mass is 263 g/mol. The van der Waals surface area contributed by atoms with Crippen molar-refractivity contribution >= 4 is 5.97 Å². The van der Waals surface area contributed by atoms with Gasteiger partial charge in [0.25, 0.3) is 0 Å². The Kier molecular flexibility index (Phi) is 4.93. The second-order valence-electron chi connectivity index (χ2n) is 4.99. The number of carbonyl (C=O) groups excluding carboxylic acids is 1. The summed E-state index contributed by atoms with van der Waals surface area (Å²) in [5.41, 5.74) is 0.868. The number of benzene rings is 1. The van der Waals surface area contributed by atoms with E-state index in [1.165, 1.54) is 7.11 Å². The van der Waals surface area contributed by atoms with Gasteiger partial charge in [0, 0.05) is 6.04 Å². The standard InChI is InChI=1S/C15H21NO3/c1-19-15(18)14(11-7-3-2-4-8-11)16-12-9-5-6-10-13(12)17/h2-4,7-8,12-14,16-17H,5-6,9-10H2,1H3/t12-,13-,14?/m0/s1. The molecule has 0 saturated heterocycles. The molecular weight excluding hydrogens is 242 g/mol. The molecule has 0 aromatic heterocycles. The molecule has 1 aliphatic carbocycles. The van der Waals surface area contributed by atoms with Crippen molar-refractivity contribution in [3.63, 3.8) is 0 Å². The number of aliphatic hydroxyl groups is 1. The number of hydrogen-bond donors (Lipinski definition) is 2. The molecule has 1 saturated carbocycles. The van der Waals surface area contributed by atoms with Gasteiger partial charge in [-0.3, -0.25) is 5.32 Å². The van der Waals surface area contributed by atoms with Crippen LogP contribution in [0.5, 0.6) is 0 Å². The maximum Gasteiger partial charge on any atom is 0.327 e. The smallest absolute Gasteiger partial charge is 0.327 e. The highest BCUT2D eigenvalue weighted by Crippen LogP contribution is 2.22. The Labute approximate surface area is 113 Å². The predicted octanol–water partition coefficient (Wildman–Crippen LogP) is 1.79. The summed E-state index contributed by atoms with van der Waals surface area (Å²) in [5, 5.41) is 13.3. The first kappa shape index (κ1) is 14.0. The zero-order valence-corrected chi connectivity index (χ0v) is 11.2. The molecule has 1 aromatic carbocycles. The Bertz CT molecular complexity index is 407. The maximum atomic E-state index is 11.9. The molecule has 1 aromatic rings. The molecule has 2 rings (SSSR count). The van der Waals surface area contributed by atoms with Gasteiger partial charge in [-0.25, -0.2) is 4.79 Å². The van der Waals surface area contributed by atoms with Crippen molar-refractivity contribution in [2.45, 2.75) is 43.9 Å². The summed E-state index contributed by atoms with van der Waals surface area (Å²) < 4.78 is 4.86. The molecule has 0 amide bonds. The maximum absolute atomic E-state index is 11.9. The van der Waals surface area contributed by atoms with Crippen LogP contribution in [0.2, 0.25) is 0 Å². The van der Waals surface area contributed by atoms with E-state index in [0.717, 1.165) is 31.2 Å². The molecular formula is C15H21NO3. The first-order valence-corrected chi connectivity index (χ1v) is 6.79. The summed E-state index contributed by atoms with van der Waals surface area (Å²) in [5.74, 6) is -0.316. The van der Waals surface area contributed by atoms with Crippen LogP contribution in [0.4, 0.5) is 0 Å². The van der Waals surface area contributed by atoms with Crippen molar-refractivity contribution in [3.8, 4) is 0 Å². The average Bonchev–Trinajstić information content (AvgIpc) is 2.46. The minimum atomic E-state index is -0.510. The van der Waals surface area contributed by atoms with Crippen LogP contribution >= 0.6 is 0 Å². The average molecular weight is 263 g/mol. The lowest BCUT2D eigenvalue weighted by atomic mass is 9.91. The zero-order valence-electron chi connectivity index (χ0n) is 11.2. The summed E-state index contributed by atoms with van der Waals surface area (Å²) in [6.07, 6.45) is 3.43. The van der Waals surface area contributed by atoms with E-state index in [-0.39, 0.29) is 18.1 Å². The number of methoxy groups -OCH3 is 1. The van der Waals surface area contributed by atoms with E-state index in [0.29, 0.717) is 0 Å². The van der Waals surface area contributed by atoms with Crippen LogP contribution in [-0.4, -0.2) is 30.3 Å². The minimum Gasteiger partial charge on any atom is -0.468 e. The van der Waals surface area contributed by atoms with E-state index in [9.17, 15) is 9.90 Å². The van der Waals surface area contributed by atoms with Crippen molar-refractivity contribution in [3.05, 3.63) is 35.9 Å². The van der Waals surface area contributed by atoms with E-state index in [1.54, 1.807) is 0 Å². The second kappa shape index (κ2) is 6.68. The van der Waals surface area contributed by atoms with Crippen LogP contribution in [-0.2, 0) is 9.53 Å². The van der Waals surface area contributed by atoms with Crippen LogP contribution in [0.25, 0.3) is 0 Å². The summed E-state index contributed by atoms with van der Waals surface area (Å²) in [7, 11) is 1.39. The van der Waals surface area contributed by atoms with Crippen molar-refractivity contribution in [2.75, 3.05) is 7.11 Å². The number of esters is 1. The molecule has 1 unspecified atom stereocenters. The van der Waals surface area contributed by atoms with Crippen LogP contribution in [0.15, 0.2) is 30.3 Å². The minimum absolute atomic E-state index is 0.0435. The highest BCUT2D eigenvalue weighted by atomic mass is 16.5. The Morgan fingerprint density at radius 3 is 2.63 bits per heavy atom. The molecule has 19 heavy (non-hydrogen) atoms. The second-order valence-corrected chi connectivity index (χ2v) is 4.99. The fourth-order valence-electron chi connectivity index (χ4n) is 2.58. The Balaban J connectivity index is 2.12. The molecule has 0 spiro atoms. The molecule has 0 bridgehead atoms. The van der Waals surface area contributed by atoms with E-state index < -0.39 is 6.04 Å². The lowest BCUT2D eigenvalue weighted by Gasteiger charge is -2.31. The van der Waals surface area contributed by atoms with Crippen molar-refractivity contribution in [1.29, 1.82) is 0 Å². The molecule has 1 aliphatic rings. The van der Waals surface area contributed by atoms with Gasteiger partial charge in [0.2, 0.25) is 0 Å². The first-order chi connectivity index (χ1) is 9.22. The van der Waals surface area contributed by atoms with Crippen molar-refractivity contribution in [2.24, 2.45) is 0 Å². The van der Waals surface area contributed by atoms with E-state index >= 15 is 0 Å². The normalized spacial score (nSPS) is 24.7. The van der Waals surface area contributed by atoms with E-state index in [4.69, 9.17) is 4.74 Å². The number of carbonyl (C=O) groups is 1. The molecule has 2 N–H and O–H groups in total. The number of hydrogen-bond acceptors (Lipinski definition) is 4. The lowest BCUT2D eigenvalue weighted by Crippen LogP contribution is -2.46. The lowest BCUT2D eigenvalue weighted by molar-refractivity contribution is -0.143. The summed E-state index contributed by atoms with van der Waals surface area (Å²) >= 11 is 0. The van der Waals surface area contributed by atoms with Gasteiger partial charge in [0.1, 0.15) is 6.04 Å². The van der Waals surface area contributed by atoms with Gasteiger partial charge in [-0.2, -0.15) is 0 Å². The SMILES string of the molecule is COC(=O)C(N[C@H]1CCCC[C@@H]1O)c1ccccc1. The fourth-order valence-corrected chi connectivity index (χ4v) is 2.58. The number of aliphatic hydroxyl groups excluding tert-OH is 1. The molecule has 0 heterocycles. The van der Waals surface area contributed by atoms with Crippen molar-refractivity contribution in [1.82, 2.24) is 5.32 Å². The predicted molar refractivity (Wildman–Crippen MR) is 72.6 cm³/mol. The van der Waals surface area contributed by atoms with Gasteiger partial charge in [0.15, 0.2) is 0 Å². The van der Waals surface area contributed by atoms with Gasteiger partial charge >= 0.3 is 5.97 Å². The van der Waals surface area contributed by atoms with Gasteiger partial charge < -0.3 is 9.84 Å². The molecule has 4 heteroatoms. The van der Waals surface area contributed by atoms with Gasteiger partial charge in [-0.1, -0.05) is 43.2 Å². The molecule has 4 nitrogen and oxygen atoms in total. The quantitative estimate of drug-likeness (QED) is 0.813. The van der Waals surface area contributed by atoms with Crippen LogP contribution in [0, 0.1) is 0 Å². The fraction of sp³-hybridized carbons (Fsp3) is 0.533. The molecule has 0 radical (unpaired) electrons. The largest absolute Gasteiger partial charge is 0.468 e. The molecule has 3 atom stereocenters. The third-order valence-electron chi connectivity index (χ3n) is 3.68. The number of nitrogens with one attached hydrogen (secondary N) is 1. The summed E-state index contributed by atoms with van der Waals surface area (Å²) in [6, 6.07) is 8.93. The van der Waals surface area contributed by atoms with E-state index in [2.05, 4.69) is 5.32 Å². The molecule has 0 aliphatic heterocycles. The highest BCUT2D eigenvalue weighted by molar-refractivity contribution is 5.77. The number of rotatable bonds is 4. The van der Waals surface area contributed by atoms with Crippen molar-refractivity contribution < 1.29 is 14.6 Å². The third kappa shape index (κ3) is 3.55. The van der Waals surface area contributed by atoms with Crippen LogP contribution in [0.1, 0.15) is 37.3 Å². The van der Waals surface area contributed by atoms with Crippen LogP contribution in [0.3, 0.4) is 0 Å². The first-order valence-electron chi connectivity index (χ1n) is 6.79. The van der Waals surface area contributed by atoms with Gasteiger partial charge in [-0.05, 0) is 18.4 Å². The summed E-state index contributed by atoms with van der Waals surface area (Å²) in [6.45, 7) is 0. The van der Waals surface area contributed by atoms with Crippen LogP contribution < -0.4 is 5.32 Å². The van der Waals surface area contributed by atoms with Gasteiger partial charge in [-0.15, -0.1) is 0 Å². The molecule has 104 valence electrons. The summed E-state index contributed by atoms with van der Waals surface area (Å²) in [4.78, 5) is 11.9. The topological polar surface area (TPSA) is 58.6 Å². The van der Waals surface area contributed by atoms with Gasteiger partial charge in [0.05, 0.1) is 13.2 Å². The Morgan fingerprint density at radius 2 is 2.00 bits per heavy atom. The third-order valence-corrected chi connectivity index (χ3v) is 3.68. The number of ether oxygens (including phenoxy) is 1.